The second-order valence-corrected chi connectivity index (χ2v) is 5.61. The summed E-state index contributed by atoms with van der Waals surface area (Å²) in [5.41, 5.74) is -1.03. The van der Waals surface area contributed by atoms with Crippen LogP contribution in [0.5, 0.6) is 0 Å². The predicted octanol–water partition coefficient (Wildman–Crippen LogP) is 2.89. The van der Waals surface area contributed by atoms with E-state index in [0.717, 1.165) is 0 Å². The van der Waals surface area contributed by atoms with Gasteiger partial charge >= 0.3 is 0 Å². The number of para-hydroxylation sites is 1. The number of rotatable bonds is 3. The molecule has 0 radical (unpaired) electrons. The fourth-order valence-corrected chi connectivity index (χ4v) is 2.92. The minimum atomic E-state index is -1.00. The molecule has 0 bridgehead atoms. The quantitative estimate of drug-likeness (QED) is 0.933. The summed E-state index contributed by atoms with van der Waals surface area (Å²) in [5, 5.41) is 2.89. The minimum absolute atomic E-state index is 0.0298. The maximum atomic E-state index is 14.2. The number of amides is 2. The third-order valence-electron chi connectivity index (χ3n) is 4.14. The molecular weight excluding hydrogens is 295 g/mol. The maximum absolute atomic E-state index is 14.2. The second kappa shape index (κ2) is 5.64. The number of benzene rings is 1. The number of hydrogen-bond acceptors (Lipinski definition) is 2. The SMILES string of the molecule is CCC1(CC)NC(=O)C(C)N(c2c(F)cccc2Cl)C1=O. The Hall–Kier alpha value is -1.62. The van der Waals surface area contributed by atoms with E-state index < -0.39 is 17.4 Å². The monoisotopic (exact) mass is 312 g/mol. The van der Waals surface area contributed by atoms with Crippen molar-refractivity contribution in [3.8, 4) is 0 Å². The van der Waals surface area contributed by atoms with Crippen LogP contribution >= 0.6 is 11.6 Å². The third-order valence-corrected chi connectivity index (χ3v) is 4.45. The Balaban J connectivity index is 2.59. The van der Waals surface area contributed by atoms with Crippen LogP contribution in [0.2, 0.25) is 5.02 Å². The number of nitrogens with zero attached hydrogens (tertiary/aromatic N) is 1. The Morgan fingerprint density at radius 1 is 1.33 bits per heavy atom. The van der Waals surface area contributed by atoms with Gasteiger partial charge in [0.05, 0.1) is 10.7 Å². The van der Waals surface area contributed by atoms with Gasteiger partial charge < -0.3 is 5.32 Å². The molecule has 2 rings (SSSR count). The van der Waals surface area contributed by atoms with Crippen molar-refractivity contribution < 1.29 is 14.0 Å². The first-order valence-electron chi connectivity index (χ1n) is 6.97. The smallest absolute Gasteiger partial charge is 0.253 e. The van der Waals surface area contributed by atoms with Crippen molar-refractivity contribution in [3.63, 3.8) is 0 Å². The second-order valence-electron chi connectivity index (χ2n) is 5.20. The molecule has 1 aliphatic heterocycles. The van der Waals surface area contributed by atoms with Gasteiger partial charge in [0.15, 0.2) is 0 Å². The summed E-state index contributed by atoms with van der Waals surface area (Å²) >= 11 is 6.06. The summed E-state index contributed by atoms with van der Waals surface area (Å²) in [6.07, 6.45) is 0.868. The topological polar surface area (TPSA) is 49.4 Å². The van der Waals surface area contributed by atoms with Crippen LogP contribution in [0.25, 0.3) is 0 Å². The van der Waals surface area contributed by atoms with E-state index in [2.05, 4.69) is 5.32 Å². The van der Waals surface area contributed by atoms with Gasteiger partial charge in [-0.15, -0.1) is 0 Å². The zero-order valence-electron chi connectivity index (χ0n) is 12.2. The van der Waals surface area contributed by atoms with E-state index >= 15 is 0 Å². The molecule has 1 fully saturated rings. The lowest BCUT2D eigenvalue weighted by Crippen LogP contribution is -2.69. The van der Waals surface area contributed by atoms with Crippen LogP contribution in [0, 0.1) is 5.82 Å². The minimum Gasteiger partial charge on any atom is -0.340 e. The molecular formula is C15H18ClFN2O2. The lowest BCUT2D eigenvalue weighted by Gasteiger charge is -2.44. The zero-order valence-corrected chi connectivity index (χ0v) is 13.0. The van der Waals surface area contributed by atoms with Crippen LogP contribution in [-0.2, 0) is 9.59 Å². The van der Waals surface area contributed by atoms with Crippen molar-refractivity contribution in [2.45, 2.75) is 45.2 Å². The third kappa shape index (κ3) is 2.39. The molecule has 21 heavy (non-hydrogen) atoms. The molecule has 0 aromatic heterocycles. The van der Waals surface area contributed by atoms with E-state index in [-0.39, 0.29) is 22.5 Å². The average molecular weight is 313 g/mol. The molecule has 0 spiro atoms. The van der Waals surface area contributed by atoms with Crippen LogP contribution < -0.4 is 10.2 Å². The summed E-state index contributed by atoms with van der Waals surface area (Å²) < 4.78 is 14.2. The number of halogens is 2. The number of nitrogens with one attached hydrogen (secondary N) is 1. The highest BCUT2D eigenvalue weighted by molar-refractivity contribution is 6.34. The highest BCUT2D eigenvalue weighted by atomic mass is 35.5. The molecule has 6 heteroatoms. The first kappa shape index (κ1) is 15.8. The van der Waals surface area contributed by atoms with Gasteiger partial charge in [-0.25, -0.2) is 4.39 Å². The van der Waals surface area contributed by atoms with Gasteiger partial charge in [0, 0.05) is 0 Å². The molecule has 114 valence electrons. The van der Waals surface area contributed by atoms with Gasteiger partial charge in [0.1, 0.15) is 17.4 Å². The molecule has 4 nitrogen and oxygen atoms in total. The van der Waals surface area contributed by atoms with Gasteiger partial charge in [-0.3, -0.25) is 14.5 Å². The molecule has 2 amide bonds. The molecule has 0 aliphatic carbocycles. The zero-order chi connectivity index (χ0) is 15.8. The van der Waals surface area contributed by atoms with Crippen molar-refractivity contribution in [3.05, 3.63) is 29.0 Å². The highest BCUT2D eigenvalue weighted by Crippen LogP contribution is 2.35. The van der Waals surface area contributed by atoms with Gasteiger partial charge in [-0.2, -0.15) is 0 Å². The first-order valence-corrected chi connectivity index (χ1v) is 7.35. The van der Waals surface area contributed by atoms with E-state index in [1.165, 1.54) is 23.1 Å². The number of hydrogen-bond donors (Lipinski definition) is 1. The fraction of sp³-hybridized carbons (Fsp3) is 0.467. The first-order chi connectivity index (χ1) is 9.88. The molecule has 1 aromatic rings. The largest absolute Gasteiger partial charge is 0.340 e. The number of carbonyl (C=O) groups is 2. The van der Waals surface area contributed by atoms with Crippen LogP contribution in [0.1, 0.15) is 33.6 Å². The van der Waals surface area contributed by atoms with E-state index in [4.69, 9.17) is 11.6 Å². The number of carbonyl (C=O) groups excluding carboxylic acids is 2. The van der Waals surface area contributed by atoms with Crippen molar-refractivity contribution in [2.24, 2.45) is 0 Å². The summed E-state index contributed by atoms with van der Waals surface area (Å²) in [5.74, 6) is -1.25. The van der Waals surface area contributed by atoms with Gasteiger partial charge in [-0.1, -0.05) is 31.5 Å². The molecule has 1 N–H and O–H groups in total. The van der Waals surface area contributed by atoms with Crippen molar-refractivity contribution in [2.75, 3.05) is 4.90 Å². The lowest BCUT2D eigenvalue weighted by molar-refractivity contribution is -0.138. The Morgan fingerprint density at radius 3 is 2.48 bits per heavy atom. The van der Waals surface area contributed by atoms with Crippen LogP contribution in [0.15, 0.2) is 18.2 Å². The van der Waals surface area contributed by atoms with Gasteiger partial charge in [0.2, 0.25) is 5.91 Å². The van der Waals surface area contributed by atoms with Crippen molar-refractivity contribution in [1.29, 1.82) is 0 Å². The van der Waals surface area contributed by atoms with Crippen LogP contribution in [-0.4, -0.2) is 23.4 Å². The van der Waals surface area contributed by atoms with E-state index in [0.29, 0.717) is 12.8 Å². The van der Waals surface area contributed by atoms with Crippen LogP contribution in [0.4, 0.5) is 10.1 Å². The molecule has 1 atom stereocenters. The average Bonchev–Trinajstić information content (AvgIpc) is 2.46. The predicted molar refractivity (Wildman–Crippen MR) is 79.8 cm³/mol. The summed E-state index contributed by atoms with van der Waals surface area (Å²) in [6.45, 7) is 5.20. The summed E-state index contributed by atoms with van der Waals surface area (Å²) in [7, 11) is 0. The van der Waals surface area contributed by atoms with Gasteiger partial charge in [0.25, 0.3) is 5.91 Å². The highest BCUT2D eigenvalue weighted by Gasteiger charge is 2.48. The standard InChI is InChI=1S/C15H18ClFN2O2/c1-4-15(5-2)14(21)19(9(3)13(20)18-15)12-10(16)7-6-8-11(12)17/h6-9H,4-5H2,1-3H3,(H,18,20). The maximum Gasteiger partial charge on any atom is 0.253 e. The molecule has 1 unspecified atom stereocenters. The van der Waals surface area contributed by atoms with Gasteiger partial charge in [-0.05, 0) is 31.9 Å². The summed E-state index contributed by atoms with van der Waals surface area (Å²) in [4.78, 5) is 26.2. The molecule has 1 saturated heterocycles. The van der Waals surface area contributed by atoms with E-state index in [1.807, 2.05) is 13.8 Å². The molecule has 1 aromatic carbocycles. The number of piperazine rings is 1. The number of anilines is 1. The van der Waals surface area contributed by atoms with Crippen molar-refractivity contribution in [1.82, 2.24) is 5.32 Å². The van der Waals surface area contributed by atoms with E-state index in [1.54, 1.807) is 6.92 Å². The van der Waals surface area contributed by atoms with Crippen molar-refractivity contribution >= 4 is 29.1 Å². The Labute approximate surface area is 128 Å². The molecule has 1 aliphatic rings. The van der Waals surface area contributed by atoms with E-state index in [9.17, 15) is 14.0 Å². The molecule has 1 heterocycles. The Kier molecular flexibility index (Phi) is 4.23. The summed E-state index contributed by atoms with van der Waals surface area (Å²) in [6, 6.07) is 3.39. The fourth-order valence-electron chi connectivity index (χ4n) is 2.66. The van der Waals surface area contributed by atoms with Crippen LogP contribution in [0.3, 0.4) is 0 Å². The Morgan fingerprint density at radius 2 is 1.95 bits per heavy atom. The normalized spacial score (nSPS) is 21.4. The molecule has 0 saturated carbocycles. The Bertz CT molecular complexity index is 567. The lowest BCUT2D eigenvalue weighted by atomic mass is 9.87.